The van der Waals surface area contributed by atoms with Gasteiger partial charge in [0, 0.05) is 10.9 Å². The maximum atomic E-state index is 13.0. The molecule has 0 aliphatic carbocycles. The molecule has 28 heavy (non-hydrogen) atoms. The number of thiazole rings is 1. The Bertz CT molecular complexity index is 930. The van der Waals surface area contributed by atoms with Crippen LogP contribution in [0.4, 0.5) is 26.3 Å². The summed E-state index contributed by atoms with van der Waals surface area (Å²) in [7, 11) is 0. The predicted octanol–water partition coefficient (Wildman–Crippen LogP) is 5.40. The Hall–Kier alpha value is -2.15. The van der Waals surface area contributed by atoms with Gasteiger partial charge in [0.2, 0.25) is 5.16 Å². The lowest BCUT2D eigenvalue weighted by molar-refractivity contribution is -0.143. The molecule has 2 aromatic heterocycles. The smallest absolute Gasteiger partial charge is 0.229 e. The fourth-order valence-electron chi connectivity index (χ4n) is 2.18. The van der Waals surface area contributed by atoms with Gasteiger partial charge in [-0.25, -0.2) is 4.98 Å². The number of alkyl halides is 6. The Balaban J connectivity index is 1.91. The maximum Gasteiger partial charge on any atom is 0.416 e. The monoisotopic (exact) mass is 439 g/mol. The van der Waals surface area contributed by atoms with Gasteiger partial charge in [-0.3, -0.25) is 0 Å². The molecule has 2 heterocycles. The molecule has 150 valence electrons. The molecule has 0 fully saturated rings. The quantitative estimate of drug-likeness (QED) is 0.499. The van der Waals surface area contributed by atoms with E-state index in [2.05, 4.69) is 20.4 Å². The van der Waals surface area contributed by atoms with Gasteiger partial charge in [0.25, 0.3) is 0 Å². The summed E-state index contributed by atoms with van der Waals surface area (Å²) in [5.74, 6) is 0. The first kappa shape index (κ1) is 20.6. The van der Waals surface area contributed by atoms with Crippen molar-refractivity contribution in [3.05, 3.63) is 34.7 Å². The van der Waals surface area contributed by atoms with Crippen LogP contribution in [0.1, 0.15) is 24.5 Å². The first-order valence-electron chi connectivity index (χ1n) is 7.77. The Morgan fingerprint density at radius 1 is 1.04 bits per heavy atom. The molecule has 0 amide bonds. The van der Waals surface area contributed by atoms with E-state index in [1.54, 1.807) is 0 Å². The highest BCUT2D eigenvalue weighted by atomic mass is 32.2. The summed E-state index contributed by atoms with van der Waals surface area (Å²) in [5, 5.41) is 13.4. The van der Waals surface area contributed by atoms with Crippen LogP contribution in [0.15, 0.2) is 33.1 Å². The van der Waals surface area contributed by atoms with Crippen LogP contribution in [0.3, 0.4) is 0 Å². The van der Waals surface area contributed by atoms with Crippen molar-refractivity contribution in [2.45, 2.75) is 41.7 Å². The third-order valence-corrected chi connectivity index (χ3v) is 5.19. The van der Waals surface area contributed by atoms with Crippen molar-refractivity contribution >= 4 is 23.1 Å². The largest absolute Gasteiger partial charge is 0.416 e. The van der Waals surface area contributed by atoms with Crippen molar-refractivity contribution < 1.29 is 26.3 Å². The number of halogens is 6. The summed E-state index contributed by atoms with van der Waals surface area (Å²) in [5.41, 5.74) is -3.04. The third-order valence-electron chi connectivity index (χ3n) is 3.40. The van der Waals surface area contributed by atoms with Crippen LogP contribution >= 0.6 is 23.1 Å². The van der Waals surface area contributed by atoms with Crippen molar-refractivity contribution in [1.29, 1.82) is 0 Å². The lowest BCUT2D eigenvalue weighted by Gasteiger charge is -2.13. The number of aryl methyl sites for hydroxylation is 1. The number of nitrogens with zero attached hydrogens (tertiary/aromatic N) is 5. The van der Waals surface area contributed by atoms with E-state index < -0.39 is 23.5 Å². The van der Waals surface area contributed by atoms with Crippen LogP contribution < -0.4 is 0 Å². The fraction of sp³-hybridized carbons (Fsp3) is 0.333. The average molecular weight is 439 g/mol. The molecule has 0 spiro atoms. The summed E-state index contributed by atoms with van der Waals surface area (Å²) in [6, 6.07) is 1.38. The zero-order chi connectivity index (χ0) is 20.5. The number of rotatable bonds is 5. The summed E-state index contributed by atoms with van der Waals surface area (Å²) in [6.45, 7) is 2.51. The van der Waals surface area contributed by atoms with E-state index in [1.807, 2.05) is 6.92 Å². The van der Waals surface area contributed by atoms with Crippen LogP contribution in [0.2, 0.25) is 0 Å². The summed E-state index contributed by atoms with van der Waals surface area (Å²) in [6.07, 6.45) is -9.02. The molecule has 13 heteroatoms. The Kier molecular flexibility index (Phi) is 5.66. The molecule has 0 bridgehead atoms. The number of tetrazole rings is 1. The second kappa shape index (κ2) is 7.70. The van der Waals surface area contributed by atoms with Crippen LogP contribution in [-0.2, 0) is 18.9 Å². The fourth-order valence-corrected chi connectivity index (χ4v) is 3.81. The standard InChI is InChI=1S/C15H11F6N5S2/c1-2-3-26-24-12(23-25-26)28-13-22-11(7-27-13)8-4-9(14(16,17)18)6-10(5-8)15(19,20)21/h4-7H,2-3H2,1H3. The van der Waals surface area contributed by atoms with Gasteiger partial charge in [0.1, 0.15) is 0 Å². The minimum atomic E-state index is -4.91. The van der Waals surface area contributed by atoms with E-state index in [0.29, 0.717) is 23.0 Å². The van der Waals surface area contributed by atoms with E-state index in [1.165, 1.54) is 10.2 Å². The minimum Gasteiger partial charge on any atom is -0.229 e. The van der Waals surface area contributed by atoms with Gasteiger partial charge in [-0.2, -0.15) is 31.1 Å². The molecule has 3 rings (SSSR count). The number of aromatic nitrogens is 5. The van der Waals surface area contributed by atoms with Gasteiger partial charge >= 0.3 is 12.4 Å². The van der Waals surface area contributed by atoms with E-state index >= 15 is 0 Å². The molecule has 0 aliphatic rings. The molecule has 0 N–H and O–H groups in total. The van der Waals surface area contributed by atoms with Crippen molar-refractivity contribution in [2.24, 2.45) is 0 Å². The SMILES string of the molecule is CCCn1nnc(Sc2nc(-c3cc(C(F)(F)F)cc(C(F)(F)F)c3)cs2)n1. The summed E-state index contributed by atoms with van der Waals surface area (Å²) < 4.78 is 78.3. The third kappa shape index (κ3) is 4.82. The van der Waals surface area contributed by atoms with Crippen molar-refractivity contribution in [2.75, 3.05) is 0 Å². The van der Waals surface area contributed by atoms with Crippen molar-refractivity contribution in [3.8, 4) is 11.3 Å². The maximum absolute atomic E-state index is 13.0. The molecule has 0 radical (unpaired) electrons. The summed E-state index contributed by atoms with van der Waals surface area (Å²) >= 11 is 2.09. The Labute approximate surface area is 162 Å². The first-order valence-corrected chi connectivity index (χ1v) is 9.47. The molecular weight excluding hydrogens is 428 g/mol. The molecule has 5 nitrogen and oxygen atoms in total. The molecule has 1 aromatic carbocycles. The summed E-state index contributed by atoms with van der Waals surface area (Å²) in [4.78, 5) is 5.50. The molecule has 0 unspecified atom stereocenters. The van der Waals surface area contributed by atoms with E-state index in [4.69, 9.17) is 0 Å². The molecule has 0 saturated carbocycles. The van der Waals surface area contributed by atoms with E-state index in [0.717, 1.165) is 29.5 Å². The van der Waals surface area contributed by atoms with Gasteiger partial charge in [-0.15, -0.1) is 21.5 Å². The molecular formula is C15H11F6N5S2. The molecule has 0 aliphatic heterocycles. The van der Waals surface area contributed by atoms with Crippen LogP contribution in [0.5, 0.6) is 0 Å². The van der Waals surface area contributed by atoms with Gasteiger partial charge < -0.3 is 0 Å². The van der Waals surface area contributed by atoms with Crippen molar-refractivity contribution in [3.63, 3.8) is 0 Å². The van der Waals surface area contributed by atoms with Crippen molar-refractivity contribution in [1.82, 2.24) is 25.2 Å². The molecule has 0 saturated heterocycles. The second-order valence-electron chi connectivity index (χ2n) is 5.56. The van der Waals surface area contributed by atoms with E-state index in [9.17, 15) is 26.3 Å². The highest BCUT2D eigenvalue weighted by Crippen LogP contribution is 2.39. The van der Waals surface area contributed by atoms with Gasteiger partial charge in [-0.1, -0.05) is 6.92 Å². The zero-order valence-electron chi connectivity index (χ0n) is 14.0. The van der Waals surface area contributed by atoms with Crippen LogP contribution in [0.25, 0.3) is 11.3 Å². The van der Waals surface area contributed by atoms with Crippen LogP contribution in [-0.4, -0.2) is 25.2 Å². The van der Waals surface area contributed by atoms with Gasteiger partial charge in [0.15, 0.2) is 4.34 Å². The minimum absolute atomic E-state index is 0.00468. The second-order valence-corrected chi connectivity index (χ2v) is 7.64. The highest BCUT2D eigenvalue weighted by molar-refractivity contribution is 8.00. The van der Waals surface area contributed by atoms with Crippen LogP contribution in [0, 0.1) is 0 Å². The Morgan fingerprint density at radius 3 is 2.25 bits per heavy atom. The topological polar surface area (TPSA) is 56.5 Å². The normalized spacial score (nSPS) is 12.5. The Morgan fingerprint density at radius 2 is 1.68 bits per heavy atom. The number of hydrogen-bond donors (Lipinski definition) is 0. The highest BCUT2D eigenvalue weighted by Gasteiger charge is 2.37. The average Bonchev–Trinajstić information content (AvgIpc) is 3.23. The predicted molar refractivity (Wildman–Crippen MR) is 89.8 cm³/mol. The lowest BCUT2D eigenvalue weighted by atomic mass is 10.0. The first-order chi connectivity index (χ1) is 13.1. The van der Waals surface area contributed by atoms with Gasteiger partial charge in [0.05, 0.1) is 23.4 Å². The molecule has 0 atom stereocenters. The zero-order valence-corrected chi connectivity index (χ0v) is 15.7. The number of hydrogen-bond acceptors (Lipinski definition) is 6. The molecule has 3 aromatic rings. The lowest BCUT2D eigenvalue weighted by Crippen LogP contribution is -2.11. The number of benzene rings is 1. The van der Waals surface area contributed by atoms with Gasteiger partial charge in [-0.05, 0) is 41.6 Å². The van der Waals surface area contributed by atoms with E-state index in [-0.39, 0.29) is 22.5 Å².